The maximum Gasteiger partial charge on any atom is 0.191 e. The number of aliphatic imine (C=N–C) groups is 1. The van der Waals surface area contributed by atoms with Gasteiger partial charge in [0.2, 0.25) is 0 Å². The minimum atomic E-state index is 0.597. The first-order valence-electron chi connectivity index (χ1n) is 7.29. The van der Waals surface area contributed by atoms with Crippen LogP contribution in [0.5, 0.6) is 11.5 Å². The minimum Gasteiger partial charge on any atom is -0.497 e. The summed E-state index contributed by atoms with van der Waals surface area (Å²) in [5.74, 6) is 2.26. The third kappa shape index (κ3) is 4.64. The summed E-state index contributed by atoms with van der Waals surface area (Å²) in [5.41, 5.74) is 2.12. The summed E-state index contributed by atoms with van der Waals surface area (Å²) in [7, 11) is 6.92. The number of benzene rings is 1. The minimum absolute atomic E-state index is 0.597. The maximum absolute atomic E-state index is 5.39. The second-order valence-electron chi connectivity index (χ2n) is 4.98. The first kappa shape index (κ1) is 16.7. The molecule has 0 radical (unpaired) electrons. The highest BCUT2D eigenvalue weighted by Crippen LogP contribution is 2.24. The fourth-order valence-corrected chi connectivity index (χ4v) is 2.15. The summed E-state index contributed by atoms with van der Waals surface area (Å²) in [6.07, 6.45) is 3.79. The van der Waals surface area contributed by atoms with Crippen molar-refractivity contribution in [2.24, 2.45) is 12.0 Å². The van der Waals surface area contributed by atoms with Gasteiger partial charge in [-0.25, -0.2) is 0 Å². The van der Waals surface area contributed by atoms with Crippen LogP contribution >= 0.6 is 0 Å². The summed E-state index contributed by atoms with van der Waals surface area (Å²) < 4.78 is 12.4. The Balaban J connectivity index is 1.92. The number of nitrogens with zero attached hydrogens (tertiary/aromatic N) is 3. The summed E-state index contributed by atoms with van der Waals surface area (Å²) in [6, 6.07) is 5.74. The van der Waals surface area contributed by atoms with Crippen molar-refractivity contribution >= 4 is 5.96 Å². The predicted molar refractivity (Wildman–Crippen MR) is 89.8 cm³/mol. The van der Waals surface area contributed by atoms with Crippen LogP contribution in [-0.4, -0.2) is 37.0 Å². The molecule has 0 saturated heterocycles. The lowest BCUT2D eigenvalue weighted by Crippen LogP contribution is -2.36. The van der Waals surface area contributed by atoms with Gasteiger partial charge >= 0.3 is 0 Å². The number of rotatable bonds is 6. The van der Waals surface area contributed by atoms with Gasteiger partial charge in [-0.05, 0) is 12.1 Å². The van der Waals surface area contributed by atoms with Crippen molar-refractivity contribution in [2.45, 2.75) is 13.1 Å². The number of ether oxygens (including phenoxy) is 2. The van der Waals surface area contributed by atoms with Crippen molar-refractivity contribution in [3.63, 3.8) is 0 Å². The monoisotopic (exact) mass is 317 g/mol. The molecule has 0 spiro atoms. The second-order valence-corrected chi connectivity index (χ2v) is 4.98. The van der Waals surface area contributed by atoms with Gasteiger partial charge < -0.3 is 20.1 Å². The molecule has 0 amide bonds. The van der Waals surface area contributed by atoms with Gasteiger partial charge in [0, 0.05) is 50.6 Å². The zero-order chi connectivity index (χ0) is 16.7. The van der Waals surface area contributed by atoms with E-state index in [1.165, 1.54) is 0 Å². The zero-order valence-electron chi connectivity index (χ0n) is 14.0. The Morgan fingerprint density at radius 3 is 2.61 bits per heavy atom. The fraction of sp³-hybridized carbons (Fsp3) is 0.375. The van der Waals surface area contributed by atoms with E-state index in [1.807, 2.05) is 37.6 Å². The Morgan fingerprint density at radius 1 is 1.22 bits per heavy atom. The van der Waals surface area contributed by atoms with Crippen molar-refractivity contribution in [3.05, 3.63) is 41.7 Å². The Kier molecular flexibility index (Phi) is 5.85. The van der Waals surface area contributed by atoms with Crippen molar-refractivity contribution in [1.29, 1.82) is 0 Å². The second kappa shape index (κ2) is 8.07. The van der Waals surface area contributed by atoms with Crippen LogP contribution < -0.4 is 20.1 Å². The molecule has 1 heterocycles. The first-order chi connectivity index (χ1) is 11.2. The first-order valence-corrected chi connectivity index (χ1v) is 7.29. The number of aryl methyl sites for hydroxylation is 1. The van der Waals surface area contributed by atoms with Gasteiger partial charge in [-0.2, -0.15) is 5.10 Å². The molecule has 0 bridgehead atoms. The van der Waals surface area contributed by atoms with Crippen LogP contribution in [0.15, 0.2) is 35.6 Å². The molecule has 0 aliphatic heterocycles. The Labute approximate surface area is 136 Å². The molecule has 0 fully saturated rings. The highest BCUT2D eigenvalue weighted by Gasteiger charge is 2.06. The van der Waals surface area contributed by atoms with Crippen LogP contribution in [0.2, 0.25) is 0 Å². The number of methoxy groups -OCH3 is 2. The highest BCUT2D eigenvalue weighted by molar-refractivity contribution is 5.79. The van der Waals surface area contributed by atoms with Crippen LogP contribution in [0.4, 0.5) is 0 Å². The molecule has 2 rings (SSSR count). The normalized spacial score (nSPS) is 11.2. The third-order valence-electron chi connectivity index (χ3n) is 3.38. The number of hydrogen-bond acceptors (Lipinski definition) is 4. The molecule has 7 nitrogen and oxygen atoms in total. The molecule has 124 valence electrons. The molecule has 0 unspecified atom stereocenters. The molecule has 1 aromatic carbocycles. The molecule has 7 heteroatoms. The van der Waals surface area contributed by atoms with E-state index in [0.29, 0.717) is 19.0 Å². The Hall–Kier alpha value is -2.70. The third-order valence-corrected chi connectivity index (χ3v) is 3.38. The Morgan fingerprint density at radius 2 is 2.00 bits per heavy atom. The number of aromatic nitrogens is 2. The molecular formula is C16H23N5O2. The van der Waals surface area contributed by atoms with E-state index in [9.17, 15) is 0 Å². The lowest BCUT2D eigenvalue weighted by molar-refractivity contribution is 0.390. The number of nitrogens with one attached hydrogen (secondary N) is 2. The van der Waals surface area contributed by atoms with E-state index in [4.69, 9.17) is 9.47 Å². The summed E-state index contributed by atoms with van der Waals surface area (Å²) >= 11 is 0. The van der Waals surface area contributed by atoms with Crippen LogP contribution in [-0.2, 0) is 20.1 Å². The van der Waals surface area contributed by atoms with E-state index in [2.05, 4.69) is 20.7 Å². The van der Waals surface area contributed by atoms with Gasteiger partial charge in [0.05, 0.1) is 20.4 Å². The molecule has 2 aromatic rings. The van der Waals surface area contributed by atoms with E-state index in [0.717, 1.165) is 22.6 Å². The zero-order valence-corrected chi connectivity index (χ0v) is 14.0. The van der Waals surface area contributed by atoms with Gasteiger partial charge in [0.15, 0.2) is 5.96 Å². The van der Waals surface area contributed by atoms with Crippen LogP contribution in [0.25, 0.3) is 0 Å². The van der Waals surface area contributed by atoms with Crippen molar-refractivity contribution in [2.75, 3.05) is 21.3 Å². The van der Waals surface area contributed by atoms with Crippen molar-refractivity contribution in [3.8, 4) is 11.5 Å². The largest absolute Gasteiger partial charge is 0.497 e. The molecule has 0 aliphatic rings. The number of hydrogen-bond donors (Lipinski definition) is 2. The standard InChI is InChI=1S/C16H23N5O2/c1-17-16(18-8-12-9-20-21(2)11-12)19-10-13-5-6-14(22-3)7-15(13)23-4/h5-7,9,11H,8,10H2,1-4H3,(H2,17,18,19). The van der Waals surface area contributed by atoms with E-state index < -0.39 is 0 Å². The molecule has 0 saturated carbocycles. The molecular weight excluding hydrogens is 294 g/mol. The average Bonchev–Trinajstić information content (AvgIpc) is 3.00. The smallest absolute Gasteiger partial charge is 0.191 e. The SMILES string of the molecule is CN=C(NCc1cnn(C)c1)NCc1ccc(OC)cc1OC. The molecule has 23 heavy (non-hydrogen) atoms. The predicted octanol–water partition coefficient (Wildman–Crippen LogP) is 1.30. The molecule has 0 aliphatic carbocycles. The van der Waals surface area contributed by atoms with Crippen LogP contribution in [0.3, 0.4) is 0 Å². The fourth-order valence-electron chi connectivity index (χ4n) is 2.15. The lowest BCUT2D eigenvalue weighted by atomic mass is 10.2. The molecule has 1 aromatic heterocycles. The van der Waals surface area contributed by atoms with Gasteiger partial charge in [-0.3, -0.25) is 9.67 Å². The van der Waals surface area contributed by atoms with Crippen LogP contribution in [0.1, 0.15) is 11.1 Å². The van der Waals surface area contributed by atoms with Crippen LogP contribution in [0, 0.1) is 0 Å². The molecule has 0 atom stereocenters. The van der Waals surface area contributed by atoms with Crippen molar-refractivity contribution < 1.29 is 9.47 Å². The van der Waals surface area contributed by atoms with Gasteiger partial charge in [0.25, 0.3) is 0 Å². The van der Waals surface area contributed by atoms with E-state index in [-0.39, 0.29) is 0 Å². The number of guanidine groups is 1. The van der Waals surface area contributed by atoms with Gasteiger partial charge in [-0.1, -0.05) is 0 Å². The topological polar surface area (TPSA) is 72.7 Å². The maximum atomic E-state index is 5.39. The Bertz CT molecular complexity index is 666. The van der Waals surface area contributed by atoms with E-state index in [1.54, 1.807) is 25.9 Å². The van der Waals surface area contributed by atoms with Gasteiger partial charge in [0.1, 0.15) is 11.5 Å². The highest BCUT2D eigenvalue weighted by atomic mass is 16.5. The summed E-state index contributed by atoms with van der Waals surface area (Å²) in [5, 5.41) is 10.7. The lowest BCUT2D eigenvalue weighted by Gasteiger charge is -2.14. The van der Waals surface area contributed by atoms with Crippen molar-refractivity contribution in [1.82, 2.24) is 20.4 Å². The van der Waals surface area contributed by atoms with Gasteiger partial charge in [-0.15, -0.1) is 0 Å². The average molecular weight is 317 g/mol. The molecule has 2 N–H and O–H groups in total. The van der Waals surface area contributed by atoms with E-state index >= 15 is 0 Å². The summed E-state index contributed by atoms with van der Waals surface area (Å²) in [6.45, 7) is 1.26. The quantitative estimate of drug-likeness (QED) is 0.621. The summed E-state index contributed by atoms with van der Waals surface area (Å²) in [4.78, 5) is 4.22.